The molecule has 0 saturated carbocycles. The Hall–Kier alpha value is -8.41. The molecule has 0 atom stereocenters. The van der Waals surface area contributed by atoms with Gasteiger partial charge in [-0.25, -0.2) is 15.0 Å². The van der Waals surface area contributed by atoms with E-state index in [9.17, 15) is 0 Å². The van der Waals surface area contributed by atoms with Crippen LogP contribution in [0.25, 0.3) is 111 Å². The fourth-order valence-corrected chi connectivity index (χ4v) is 10.6. The molecule has 1 spiro atoms. The fourth-order valence-electron chi connectivity index (χ4n) is 10.6. The molecule has 0 N–H and O–H groups in total. The molecule has 12 aromatic rings. The van der Waals surface area contributed by atoms with Crippen LogP contribution in [-0.4, -0.2) is 15.0 Å². The van der Waals surface area contributed by atoms with Gasteiger partial charge >= 0.3 is 0 Å². The second kappa shape index (κ2) is 12.8. The van der Waals surface area contributed by atoms with E-state index in [0.29, 0.717) is 17.5 Å². The molecular formula is C58H33N3O2. The number of hydrogen-bond acceptors (Lipinski definition) is 5. The molecule has 14 rings (SSSR count). The minimum atomic E-state index is -0.596. The maximum atomic E-state index is 6.80. The Morgan fingerprint density at radius 3 is 1.51 bits per heavy atom. The molecule has 0 saturated heterocycles. The van der Waals surface area contributed by atoms with E-state index in [0.717, 1.165) is 71.7 Å². The highest BCUT2D eigenvalue weighted by Crippen LogP contribution is 2.65. The monoisotopic (exact) mass is 803 g/mol. The summed E-state index contributed by atoms with van der Waals surface area (Å²) in [5.41, 5.74) is 17.9. The van der Waals surface area contributed by atoms with Crippen molar-refractivity contribution in [2.24, 2.45) is 0 Å². The van der Waals surface area contributed by atoms with E-state index in [-0.39, 0.29) is 0 Å². The van der Waals surface area contributed by atoms with Crippen LogP contribution in [0.3, 0.4) is 0 Å². The van der Waals surface area contributed by atoms with E-state index in [1.807, 2.05) is 66.7 Å². The van der Waals surface area contributed by atoms with Crippen LogP contribution in [-0.2, 0) is 5.41 Å². The summed E-state index contributed by atoms with van der Waals surface area (Å²) in [6.07, 6.45) is 0. The maximum absolute atomic E-state index is 6.80. The van der Waals surface area contributed by atoms with E-state index in [2.05, 4.69) is 133 Å². The van der Waals surface area contributed by atoms with Crippen molar-refractivity contribution in [1.82, 2.24) is 15.0 Å². The fraction of sp³-hybridized carbons (Fsp3) is 0.0172. The first kappa shape index (κ1) is 34.3. The molecule has 5 nitrogen and oxygen atoms in total. The zero-order valence-corrected chi connectivity index (χ0v) is 33.7. The quantitative estimate of drug-likeness (QED) is 0.177. The Morgan fingerprint density at radius 1 is 0.302 bits per heavy atom. The lowest BCUT2D eigenvalue weighted by atomic mass is 9.69. The summed E-state index contributed by atoms with van der Waals surface area (Å²) in [4.78, 5) is 14.8. The van der Waals surface area contributed by atoms with Crippen LogP contribution in [0, 0.1) is 0 Å². The molecule has 292 valence electrons. The molecule has 9 aromatic carbocycles. The lowest BCUT2D eigenvalue weighted by Crippen LogP contribution is -2.26. The molecule has 0 radical (unpaired) electrons. The summed E-state index contributed by atoms with van der Waals surface area (Å²) in [6, 6.07) is 70.7. The van der Waals surface area contributed by atoms with Gasteiger partial charge in [0.25, 0.3) is 0 Å². The van der Waals surface area contributed by atoms with Gasteiger partial charge in [0.1, 0.15) is 22.3 Å². The van der Waals surface area contributed by atoms with Crippen molar-refractivity contribution in [1.29, 1.82) is 0 Å². The predicted octanol–water partition coefficient (Wildman–Crippen LogP) is 14.7. The number of nitrogens with zero attached hydrogens (tertiary/aromatic N) is 3. The van der Waals surface area contributed by atoms with Crippen molar-refractivity contribution in [2.45, 2.75) is 5.41 Å². The molecule has 0 aliphatic heterocycles. The highest BCUT2D eigenvalue weighted by atomic mass is 16.3. The third kappa shape index (κ3) is 4.79. The van der Waals surface area contributed by atoms with Gasteiger partial charge in [0.05, 0.1) is 5.41 Å². The van der Waals surface area contributed by atoms with Crippen molar-refractivity contribution in [3.8, 4) is 67.5 Å². The molecule has 0 amide bonds. The minimum Gasteiger partial charge on any atom is -0.456 e. The first-order valence-electron chi connectivity index (χ1n) is 21.3. The Morgan fingerprint density at radius 2 is 0.825 bits per heavy atom. The summed E-state index contributed by atoms with van der Waals surface area (Å²) in [7, 11) is 0. The van der Waals surface area contributed by atoms with Crippen molar-refractivity contribution in [2.75, 3.05) is 0 Å². The highest BCUT2D eigenvalue weighted by molar-refractivity contribution is 6.16. The Balaban J connectivity index is 0.968. The number of aromatic nitrogens is 3. The smallest absolute Gasteiger partial charge is 0.164 e. The summed E-state index contributed by atoms with van der Waals surface area (Å²) in [5.74, 6) is 1.91. The van der Waals surface area contributed by atoms with E-state index in [1.54, 1.807) is 0 Å². The molecular weight excluding hydrogens is 771 g/mol. The van der Waals surface area contributed by atoms with Crippen molar-refractivity contribution >= 4 is 43.9 Å². The van der Waals surface area contributed by atoms with Crippen LogP contribution in [0.15, 0.2) is 209 Å². The lowest BCUT2D eigenvalue weighted by molar-refractivity contribution is 0.666. The average Bonchev–Trinajstić information content (AvgIpc) is 4.08. The summed E-state index contributed by atoms with van der Waals surface area (Å²) >= 11 is 0. The van der Waals surface area contributed by atoms with Gasteiger partial charge in [0.2, 0.25) is 0 Å². The normalized spacial score (nSPS) is 13.2. The number of para-hydroxylation sites is 1. The van der Waals surface area contributed by atoms with Gasteiger partial charge < -0.3 is 8.83 Å². The molecule has 0 fully saturated rings. The van der Waals surface area contributed by atoms with Crippen LogP contribution in [0.4, 0.5) is 0 Å². The van der Waals surface area contributed by atoms with E-state index in [4.69, 9.17) is 23.8 Å². The number of fused-ring (bicyclic) bond motifs is 17. The van der Waals surface area contributed by atoms with Gasteiger partial charge in [0.15, 0.2) is 17.5 Å². The molecule has 3 heterocycles. The van der Waals surface area contributed by atoms with Gasteiger partial charge in [-0.15, -0.1) is 0 Å². The highest BCUT2D eigenvalue weighted by Gasteiger charge is 2.53. The van der Waals surface area contributed by atoms with Crippen LogP contribution >= 0.6 is 0 Å². The molecule has 0 unspecified atom stereocenters. The van der Waals surface area contributed by atoms with Crippen molar-refractivity contribution in [3.63, 3.8) is 0 Å². The first-order chi connectivity index (χ1) is 31.2. The zero-order chi connectivity index (χ0) is 41.2. The van der Waals surface area contributed by atoms with Crippen molar-refractivity contribution < 1.29 is 8.83 Å². The van der Waals surface area contributed by atoms with Crippen LogP contribution in [0.5, 0.6) is 0 Å². The largest absolute Gasteiger partial charge is 0.456 e. The van der Waals surface area contributed by atoms with Gasteiger partial charge in [-0.2, -0.15) is 0 Å². The Labute approximate surface area is 361 Å². The molecule has 2 aliphatic rings. The van der Waals surface area contributed by atoms with E-state index >= 15 is 0 Å². The number of furan rings is 2. The van der Waals surface area contributed by atoms with Gasteiger partial charge in [-0.05, 0) is 92.0 Å². The minimum absolute atomic E-state index is 0.596. The second-order valence-electron chi connectivity index (χ2n) is 16.6. The third-order valence-corrected chi connectivity index (χ3v) is 13.4. The Kier molecular flexibility index (Phi) is 6.97. The van der Waals surface area contributed by atoms with Crippen LogP contribution in [0.1, 0.15) is 22.3 Å². The molecule has 5 heteroatoms. The number of rotatable bonds is 4. The Bertz CT molecular complexity index is 3740. The van der Waals surface area contributed by atoms with E-state index < -0.39 is 5.41 Å². The molecule has 0 bridgehead atoms. The van der Waals surface area contributed by atoms with Crippen LogP contribution in [0.2, 0.25) is 0 Å². The van der Waals surface area contributed by atoms with Gasteiger partial charge in [0, 0.05) is 38.2 Å². The summed E-state index contributed by atoms with van der Waals surface area (Å²) < 4.78 is 13.4. The maximum Gasteiger partial charge on any atom is 0.164 e. The van der Waals surface area contributed by atoms with Gasteiger partial charge in [-0.1, -0.05) is 164 Å². The summed E-state index contributed by atoms with van der Waals surface area (Å²) in [6.45, 7) is 0. The lowest BCUT2D eigenvalue weighted by Gasteiger charge is -2.31. The molecule has 3 aromatic heterocycles. The van der Waals surface area contributed by atoms with Crippen molar-refractivity contribution in [3.05, 3.63) is 222 Å². The molecule has 2 aliphatic carbocycles. The third-order valence-electron chi connectivity index (χ3n) is 13.4. The average molecular weight is 804 g/mol. The number of hydrogen-bond donors (Lipinski definition) is 0. The second-order valence-corrected chi connectivity index (χ2v) is 16.6. The summed E-state index contributed by atoms with van der Waals surface area (Å²) in [5, 5.41) is 4.47. The topological polar surface area (TPSA) is 65.0 Å². The van der Waals surface area contributed by atoms with Gasteiger partial charge in [-0.3, -0.25) is 0 Å². The molecule has 63 heavy (non-hydrogen) atoms. The SMILES string of the molecule is c1ccc(-c2nc(-c3ccccc3)nc(-c3ccc(-c4ccc5oc6ccc7c(c6c5c4)C4(c5ccccc5-c5ccccc54)c4cc5oc6ccccc6c5cc4-7)cc3)n2)cc1. The zero-order valence-electron chi connectivity index (χ0n) is 33.7. The first-order valence-corrected chi connectivity index (χ1v) is 21.3. The predicted molar refractivity (Wildman–Crippen MR) is 252 cm³/mol. The van der Waals surface area contributed by atoms with Crippen LogP contribution < -0.4 is 0 Å². The number of benzene rings is 9. The standard InChI is InChI=1S/C58H33N3O2/c1-3-13-35(14-4-1)55-59-56(36-15-5-2-6-16-36)61-57(60-55)37-25-23-34(24-26-37)38-27-29-50-45(31-38)53-51(62-50)30-28-42-43-32-44-41-19-9-12-22-49(41)63-52(44)33-48(43)58(54(42)53)46-20-10-7-17-39(46)40-18-8-11-21-47(40)58/h1-33H. The van der Waals surface area contributed by atoms with E-state index in [1.165, 1.54) is 44.5 Å².